The highest BCUT2D eigenvalue weighted by Gasteiger charge is 2.13. The van der Waals surface area contributed by atoms with E-state index in [0.29, 0.717) is 21.5 Å². The molecule has 3 rings (SSSR count). The minimum Gasteiger partial charge on any atom is -0.489 e. The summed E-state index contributed by atoms with van der Waals surface area (Å²) >= 11 is 15.0. The van der Waals surface area contributed by atoms with Gasteiger partial charge < -0.3 is 15.2 Å². The van der Waals surface area contributed by atoms with Crippen molar-refractivity contribution in [2.24, 2.45) is 0 Å². The van der Waals surface area contributed by atoms with Crippen molar-refractivity contribution in [3.63, 3.8) is 0 Å². The van der Waals surface area contributed by atoms with Crippen molar-refractivity contribution in [3.8, 4) is 15.6 Å². The molecular weight excluding hydrogens is 427 g/mol. The molecule has 0 aliphatic rings. The number of nitrogens with zero attached hydrogens (tertiary/aromatic N) is 1. The van der Waals surface area contributed by atoms with E-state index in [1.165, 1.54) is 11.3 Å². The Morgan fingerprint density at radius 2 is 2.11 bits per heavy atom. The van der Waals surface area contributed by atoms with Crippen LogP contribution in [-0.4, -0.2) is 35.3 Å². The molecule has 9 heteroatoms. The molecule has 1 atom stereocenters. The summed E-state index contributed by atoms with van der Waals surface area (Å²) in [6.45, 7) is 0.0541. The van der Waals surface area contributed by atoms with Crippen LogP contribution in [-0.2, 0) is 11.2 Å². The van der Waals surface area contributed by atoms with Gasteiger partial charge in [0.25, 0.3) is 0 Å². The molecule has 3 aromatic rings. The zero-order valence-electron chi connectivity index (χ0n) is 14.0. The third kappa shape index (κ3) is 5.67. The molecule has 1 aromatic carbocycles. The predicted molar refractivity (Wildman–Crippen MR) is 110 cm³/mol. The number of benzene rings is 1. The number of hydrogen-bond donors (Lipinski definition) is 2. The van der Waals surface area contributed by atoms with E-state index >= 15 is 0 Å². The summed E-state index contributed by atoms with van der Waals surface area (Å²) in [7, 11) is 0. The lowest BCUT2D eigenvalue weighted by molar-refractivity contribution is -0.121. The number of ether oxygens (including phenoxy) is 1. The molecule has 5 nitrogen and oxygen atoms in total. The SMILES string of the molecule is O=C(Cc1csc(-c2cccs2)n1)NCC(O)COc1cccc(Cl)c1Cl. The zero-order valence-corrected chi connectivity index (χ0v) is 17.2. The zero-order chi connectivity index (χ0) is 19.2. The molecule has 2 aromatic heterocycles. The van der Waals surface area contributed by atoms with Crippen LogP contribution in [0.2, 0.25) is 10.0 Å². The predicted octanol–water partition coefficient (Wildman–Crippen LogP) is 4.28. The van der Waals surface area contributed by atoms with Gasteiger partial charge in [0.05, 0.1) is 22.0 Å². The molecule has 27 heavy (non-hydrogen) atoms. The van der Waals surface area contributed by atoms with Crippen molar-refractivity contribution in [1.82, 2.24) is 10.3 Å². The maximum absolute atomic E-state index is 12.1. The Morgan fingerprint density at radius 1 is 1.26 bits per heavy atom. The number of nitrogens with one attached hydrogen (secondary N) is 1. The van der Waals surface area contributed by atoms with Crippen LogP contribution in [0.25, 0.3) is 9.88 Å². The highest BCUT2D eigenvalue weighted by molar-refractivity contribution is 7.20. The van der Waals surface area contributed by atoms with Gasteiger partial charge in [-0.15, -0.1) is 22.7 Å². The second-order valence-corrected chi connectivity index (χ2v) is 8.21. The van der Waals surface area contributed by atoms with Crippen molar-refractivity contribution in [2.45, 2.75) is 12.5 Å². The number of aromatic nitrogens is 1. The van der Waals surface area contributed by atoms with Crippen LogP contribution in [0.5, 0.6) is 5.75 Å². The molecule has 2 heterocycles. The summed E-state index contributed by atoms with van der Waals surface area (Å²) < 4.78 is 5.45. The maximum atomic E-state index is 12.1. The van der Waals surface area contributed by atoms with Gasteiger partial charge >= 0.3 is 0 Å². The lowest BCUT2D eigenvalue weighted by Crippen LogP contribution is -2.36. The third-order valence-corrected chi connectivity index (χ3v) is 6.24. The number of thiazole rings is 1. The van der Waals surface area contributed by atoms with Crippen molar-refractivity contribution >= 4 is 51.8 Å². The van der Waals surface area contributed by atoms with Gasteiger partial charge in [-0.25, -0.2) is 4.98 Å². The molecule has 142 valence electrons. The third-order valence-electron chi connectivity index (χ3n) is 3.51. The summed E-state index contributed by atoms with van der Waals surface area (Å²) in [5.74, 6) is 0.177. The number of aliphatic hydroxyl groups is 1. The first kappa shape index (κ1) is 20.1. The van der Waals surface area contributed by atoms with E-state index in [4.69, 9.17) is 27.9 Å². The molecule has 0 radical (unpaired) electrons. The van der Waals surface area contributed by atoms with Crippen LogP contribution in [0.15, 0.2) is 41.1 Å². The second-order valence-electron chi connectivity index (χ2n) is 5.62. The Bertz CT molecular complexity index is 900. The van der Waals surface area contributed by atoms with E-state index in [-0.39, 0.29) is 25.5 Å². The first-order valence-corrected chi connectivity index (χ1v) is 10.5. The van der Waals surface area contributed by atoms with Gasteiger partial charge in [-0.3, -0.25) is 4.79 Å². The number of aliphatic hydroxyl groups excluding tert-OH is 1. The fourth-order valence-corrected chi connectivity index (χ4v) is 4.18. The number of carbonyl (C=O) groups excluding carboxylic acids is 1. The highest BCUT2D eigenvalue weighted by atomic mass is 35.5. The van der Waals surface area contributed by atoms with Crippen LogP contribution >= 0.6 is 45.9 Å². The number of hydrogen-bond acceptors (Lipinski definition) is 6. The summed E-state index contributed by atoms with van der Waals surface area (Å²) in [6, 6.07) is 8.97. The van der Waals surface area contributed by atoms with Crippen molar-refractivity contribution in [1.29, 1.82) is 0 Å². The van der Waals surface area contributed by atoms with E-state index in [1.54, 1.807) is 29.5 Å². The number of thiophene rings is 1. The van der Waals surface area contributed by atoms with Crippen molar-refractivity contribution in [3.05, 3.63) is 56.8 Å². The van der Waals surface area contributed by atoms with Crippen molar-refractivity contribution < 1.29 is 14.6 Å². The van der Waals surface area contributed by atoms with Crippen LogP contribution in [0.4, 0.5) is 0 Å². The highest BCUT2D eigenvalue weighted by Crippen LogP contribution is 2.31. The summed E-state index contributed by atoms with van der Waals surface area (Å²) in [4.78, 5) is 17.6. The first-order valence-electron chi connectivity index (χ1n) is 8.03. The van der Waals surface area contributed by atoms with E-state index in [0.717, 1.165) is 9.88 Å². The summed E-state index contributed by atoms with van der Waals surface area (Å²) in [5.41, 5.74) is 0.706. The van der Waals surface area contributed by atoms with Crippen LogP contribution in [0.1, 0.15) is 5.69 Å². The van der Waals surface area contributed by atoms with Gasteiger partial charge in [0.15, 0.2) is 0 Å². The van der Waals surface area contributed by atoms with Gasteiger partial charge in [0, 0.05) is 11.9 Å². The lowest BCUT2D eigenvalue weighted by atomic mass is 10.3. The fraction of sp³-hybridized carbons (Fsp3) is 0.222. The van der Waals surface area contributed by atoms with Gasteiger partial charge in [-0.2, -0.15) is 0 Å². The van der Waals surface area contributed by atoms with Crippen LogP contribution in [0, 0.1) is 0 Å². The van der Waals surface area contributed by atoms with Crippen molar-refractivity contribution in [2.75, 3.05) is 13.2 Å². The average molecular weight is 443 g/mol. The molecular formula is C18H16Cl2N2O3S2. The average Bonchev–Trinajstić information content (AvgIpc) is 3.33. The molecule has 0 fully saturated rings. The second kappa shape index (κ2) is 9.52. The molecule has 0 aliphatic heterocycles. The fourth-order valence-electron chi connectivity index (χ4n) is 2.20. The molecule has 0 bridgehead atoms. The van der Waals surface area contributed by atoms with Gasteiger partial charge in [0.2, 0.25) is 5.91 Å². The largest absolute Gasteiger partial charge is 0.489 e. The normalized spacial score (nSPS) is 12.0. The van der Waals surface area contributed by atoms with Gasteiger partial charge in [-0.05, 0) is 23.6 Å². The molecule has 2 N–H and O–H groups in total. The standard InChI is InChI=1S/C18H16Cl2N2O3S2/c19-13-3-1-4-14(17(13)20)25-9-12(23)8-21-16(24)7-11-10-27-18(22-11)15-5-2-6-26-15/h1-6,10,12,23H,7-9H2,(H,21,24). The molecule has 0 spiro atoms. The molecule has 0 aliphatic carbocycles. The molecule has 0 saturated carbocycles. The Hall–Kier alpha value is -1.64. The monoisotopic (exact) mass is 442 g/mol. The minimum absolute atomic E-state index is 0.0143. The maximum Gasteiger partial charge on any atom is 0.226 e. The Morgan fingerprint density at radius 3 is 2.89 bits per heavy atom. The Labute approximate surface area is 174 Å². The molecule has 1 amide bonds. The quantitative estimate of drug-likeness (QED) is 0.545. The van der Waals surface area contributed by atoms with E-state index in [2.05, 4.69) is 10.3 Å². The Kier molecular flexibility index (Phi) is 7.09. The smallest absolute Gasteiger partial charge is 0.226 e. The van der Waals surface area contributed by atoms with E-state index in [1.807, 2.05) is 22.9 Å². The molecule has 1 unspecified atom stereocenters. The first-order chi connectivity index (χ1) is 13.0. The number of carbonyl (C=O) groups is 1. The number of amides is 1. The lowest BCUT2D eigenvalue weighted by Gasteiger charge is -2.14. The number of rotatable bonds is 8. The topological polar surface area (TPSA) is 71.5 Å². The van der Waals surface area contributed by atoms with Crippen LogP contribution in [0.3, 0.4) is 0 Å². The summed E-state index contributed by atoms with van der Waals surface area (Å²) in [6.07, 6.45) is -0.712. The van der Waals surface area contributed by atoms with Gasteiger partial charge in [0.1, 0.15) is 28.5 Å². The Balaban J connectivity index is 1.43. The van der Waals surface area contributed by atoms with E-state index < -0.39 is 6.10 Å². The number of halogens is 2. The summed E-state index contributed by atoms with van der Waals surface area (Å²) in [5, 5.41) is 18.1. The van der Waals surface area contributed by atoms with Crippen LogP contribution < -0.4 is 10.1 Å². The molecule has 0 saturated heterocycles. The van der Waals surface area contributed by atoms with Gasteiger partial charge in [-0.1, -0.05) is 35.3 Å². The van der Waals surface area contributed by atoms with E-state index in [9.17, 15) is 9.90 Å². The minimum atomic E-state index is -0.874.